The number of benzene rings is 1. The van der Waals surface area contributed by atoms with E-state index in [2.05, 4.69) is 10.6 Å². The van der Waals surface area contributed by atoms with E-state index in [0.717, 1.165) is 6.07 Å². The number of fused-ring (bicyclic) bond motifs is 1. The molecule has 0 saturated heterocycles. The van der Waals surface area contributed by atoms with Gasteiger partial charge in [0, 0.05) is 0 Å². The Hall–Kier alpha value is -2.40. The van der Waals surface area contributed by atoms with Gasteiger partial charge in [0.25, 0.3) is 0 Å². The van der Waals surface area contributed by atoms with Gasteiger partial charge in [0.2, 0.25) is 5.76 Å². The maximum atomic E-state index is 12.9. The van der Waals surface area contributed by atoms with Crippen LogP contribution in [0.5, 0.6) is 5.75 Å². The Morgan fingerprint density at radius 3 is 2.61 bits per heavy atom. The first kappa shape index (κ1) is 23.3. The molecule has 0 spiro atoms. The number of carbonyl (C=O) groups is 1. The third kappa shape index (κ3) is 4.62. The predicted octanol–water partition coefficient (Wildman–Crippen LogP) is 5.04. The monoisotopic (exact) mass is 480 g/mol. The molecule has 2 aromatic rings. The first-order chi connectivity index (χ1) is 14.3. The Balaban J connectivity index is 1.83. The van der Waals surface area contributed by atoms with Gasteiger partial charge in [-0.1, -0.05) is 11.6 Å². The normalized spacial score (nSPS) is 16.8. The number of nitrogens with one attached hydrogen (secondary N) is 2. The number of carbonyl (C=O) groups excluding carboxylic acids is 1. The average Bonchev–Trinajstić information content (AvgIpc) is 3.10. The fourth-order valence-electron chi connectivity index (χ4n) is 3.31. The highest BCUT2D eigenvalue weighted by atomic mass is 35.5. The molecule has 1 aromatic heterocycles. The third-order valence-electron chi connectivity index (χ3n) is 4.92. The van der Waals surface area contributed by atoms with Gasteiger partial charge in [0.1, 0.15) is 10.7 Å². The molecule has 170 valence electrons. The second-order valence-electron chi connectivity index (χ2n) is 7.41. The third-order valence-corrected chi connectivity index (χ3v) is 7.57. The van der Waals surface area contributed by atoms with Crippen LogP contribution in [-0.2, 0) is 22.4 Å². The Labute approximate surface area is 181 Å². The lowest BCUT2D eigenvalue weighted by atomic mass is 9.94. The van der Waals surface area contributed by atoms with E-state index in [1.54, 1.807) is 0 Å². The molecule has 3 rings (SSSR count). The summed E-state index contributed by atoms with van der Waals surface area (Å²) < 4.78 is 68.7. The van der Waals surface area contributed by atoms with Gasteiger partial charge in [-0.25, -0.2) is 13.2 Å². The number of rotatable bonds is 4. The van der Waals surface area contributed by atoms with Gasteiger partial charge >= 0.3 is 12.2 Å². The first-order valence-electron chi connectivity index (χ1n) is 9.35. The van der Waals surface area contributed by atoms with Crippen LogP contribution in [0.4, 0.5) is 23.7 Å². The molecule has 0 aliphatic heterocycles. The van der Waals surface area contributed by atoms with Crippen molar-refractivity contribution < 1.29 is 35.9 Å². The number of anilines is 1. The number of urea groups is 1. The quantitative estimate of drug-likeness (QED) is 0.531. The average molecular weight is 481 g/mol. The summed E-state index contributed by atoms with van der Waals surface area (Å²) >= 11 is 5.95. The van der Waals surface area contributed by atoms with E-state index in [0.29, 0.717) is 24.8 Å². The van der Waals surface area contributed by atoms with Crippen molar-refractivity contribution in [2.75, 3.05) is 5.32 Å². The fourth-order valence-corrected chi connectivity index (χ4v) is 4.97. The second kappa shape index (κ2) is 8.27. The van der Waals surface area contributed by atoms with E-state index in [1.807, 2.05) is 0 Å². The summed E-state index contributed by atoms with van der Waals surface area (Å²) in [6, 6.07) is 1.70. The van der Waals surface area contributed by atoms with Crippen LogP contribution in [0, 0.1) is 0 Å². The molecule has 0 bridgehead atoms. The van der Waals surface area contributed by atoms with Crippen molar-refractivity contribution in [3.63, 3.8) is 0 Å². The van der Waals surface area contributed by atoms with E-state index in [-0.39, 0.29) is 16.5 Å². The van der Waals surface area contributed by atoms with Crippen LogP contribution in [0.1, 0.15) is 49.8 Å². The fraction of sp³-hybridized carbons (Fsp3) is 0.421. The smallest absolute Gasteiger partial charge is 0.449 e. The molecule has 0 radical (unpaired) electrons. The van der Waals surface area contributed by atoms with Crippen LogP contribution in [0.15, 0.2) is 27.5 Å². The maximum absolute atomic E-state index is 12.9. The molecule has 0 saturated carbocycles. The Bertz CT molecular complexity index is 1110. The van der Waals surface area contributed by atoms with E-state index in [1.165, 1.54) is 26.0 Å². The molecular formula is C19H20ClF3N2O5S. The first-order valence-corrected chi connectivity index (χ1v) is 11.3. The summed E-state index contributed by atoms with van der Waals surface area (Å²) in [5.74, 6) is -1.83. The highest BCUT2D eigenvalue weighted by Crippen LogP contribution is 2.40. The highest BCUT2D eigenvalue weighted by Gasteiger charge is 2.38. The minimum absolute atomic E-state index is 0.0251. The zero-order valence-electron chi connectivity index (χ0n) is 16.5. The van der Waals surface area contributed by atoms with E-state index >= 15 is 0 Å². The number of phenols is 1. The SMILES string of the molecule is CC(C)S(=O)(=O)c1c(Cl)ccc(NC(=O)NC2CCCc3cc(C(F)(F)F)oc32)c1O. The number of phenolic OH excluding ortho intramolecular Hbond substituents is 1. The molecule has 1 aliphatic rings. The molecule has 1 heterocycles. The van der Waals surface area contributed by atoms with Gasteiger partial charge < -0.3 is 20.2 Å². The van der Waals surface area contributed by atoms with E-state index in [4.69, 9.17) is 16.0 Å². The van der Waals surface area contributed by atoms with Crippen molar-refractivity contribution in [3.8, 4) is 5.75 Å². The number of sulfone groups is 1. The van der Waals surface area contributed by atoms with Crippen LogP contribution in [0.25, 0.3) is 0 Å². The van der Waals surface area contributed by atoms with Crippen molar-refractivity contribution in [1.29, 1.82) is 0 Å². The molecule has 1 atom stereocenters. The lowest BCUT2D eigenvalue weighted by molar-refractivity contribution is -0.153. The van der Waals surface area contributed by atoms with Crippen LogP contribution >= 0.6 is 11.6 Å². The molecule has 7 nitrogen and oxygen atoms in total. The van der Waals surface area contributed by atoms with Gasteiger partial charge in [-0.3, -0.25) is 0 Å². The number of aryl methyl sites for hydroxylation is 1. The number of amides is 2. The summed E-state index contributed by atoms with van der Waals surface area (Å²) in [5, 5.41) is 14.2. The summed E-state index contributed by atoms with van der Waals surface area (Å²) in [5.41, 5.74) is 0.149. The lowest BCUT2D eigenvalue weighted by Gasteiger charge is -2.22. The van der Waals surface area contributed by atoms with Crippen LogP contribution in [0.3, 0.4) is 0 Å². The van der Waals surface area contributed by atoms with Crippen LogP contribution in [0.2, 0.25) is 5.02 Å². The zero-order chi connectivity index (χ0) is 23.1. The van der Waals surface area contributed by atoms with Gasteiger partial charge in [-0.05, 0) is 56.9 Å². The molecular weight excluding hydrogens is 461 g/mol. The molecule has 0 fully saturated rings. The molecule has 1 unspecified atom stereocenters. The lowest BCUT2D eigenvalue weighted by Crippen LogP contribution is -2.34. The Morgan fingerprint density at radius 2 is 2.00 bits per heavy atom. The largest absolute Gasteiger partial charge is 0.504 e. The van der Waals surface area contributed by atoms with Gasteiger partial charge in [-0.2, -0.15) is 13.2 Å². The number of aromatic hydroxyl groups is 1. The van der Waals surface area contributed by atoms with Crippen molar-refractivity contribution >= 4 is 33.2 Å². The van der Waals surface area contributed by atoms with E-state index < -0.39 is 49.7 Å². The van der Waals surface area contributed by atoms with Gasteiger partial charge in [0.15, 0.2) is 15.6 Å². The Kier molecular flexibility index (Phi) is 6.21. The number of hydrogen-bond donors (Lipinski definition) is 3. The van der Waals surface area contributed by atoms with E-state index in [9.17, 15) is 31.5 Å². The number of halogens is 4. The summed E-state index contributed by atoms with van der Waals surface area (Å²) in [4.78, 5) is 11.9. The topological polar surface area (TPSA) is 109 Å². The number of hydrogen-bond acceptors (Lipinski definition) is 5. The standard InChI is InChI=1S/C19H20ClF3N2O5S/c1-9(2)31(28,29)17-11(20)6-7-12(15(17)26)24-18(27)25-13-5-3-4-10-8-14(19(21,22)23)30-16(10)13/h6-9,13,26H,3-5H2,1-2H3,(H2,24,25,27). The predicted molar refractivity (Wildman–Crippen MR) is 107 cm³/mol. The number of furan rings is 1. The minimum atomic E-state index is -4.64. The maximum Gasteiger partial charge on any atom is 0.449 e. The molecule has 12 heteroatoms. The summed E-state index contributed by atoms with van der Waals surface area (Å²) in [7, 11) is -3.95. The number of alkyl halides is 3. The van der Waals surface area contributed by atoms with Crippen molar-refractivity contribution in [2.24, 2.45) is 0 Å². The van der Waals surface area contributed by atoms with Gasteiger partial charge in [-0.15, -0.1) is 0 Å². The van der Waals surface area contributed by atoms with Crippen molar-refractivity contribution in [2.45, 2.75) is 55.5 Å². The minimum Gasteiger partial charge on any atom is -0.504 e. The zero-order valence-corrected chi connectivity index (χ0v) is 18.1. The molecule has 31 heavy (non-hydrogen) atoms. The van der Waals surface area contributed by atoms with Gasteiger partial charge in [0.05, 0.1) is 22.0 Å². The summed E-state index contributed by atoms with van der Waals surface area (Å²) in [6.45, 7) is 2.83. The second-order valence-corrected chi connectivity index (χ2v) is 10.3. The Morgan fingerprint density at radius 1 is 1.32 bits per heavy atom. The van der Waals surface area contributed by atoms with Crippen molar-refractivity contribution in [1.82, 2.24) is 5.32 Å². The molecule has 3 N–H and O–H groups in total. The van der Waals surface area contributed by atoms with Crippen LogP contribution in [-0.4, -0.2) is 24.8 Å². The summed E-state index contributed by atoms with van der Waals surface area (Å²) in [6.07, 6.45) is -3.36. The molecule has 1 aromatic carbocycles. The molecule has 1 aliphatic carbocycles. The molecule has 2 amide bonds. The highest BCUT2D eigenvalue weighted by molar-refractivity contribution is 7.92. The van der Waals surface area contributed by atoms with Crippen molar-refractivity contribution in [3.05, 3.63) is 40.3 Å². The van der Waals surface area contributed by atoms with Crippen LogP contribution < -0.4 is 10.6 Å².